The minimum Gasteiger partial charge on any atom is -0.494 e. The number of halogens is 1. The van der Waals surface area contributed by atoms with Gasteiger partial charge < -0.3 is 29.9 Å². The Morgan fingerprint density at radius 2 is 1.74 bits per heavy atom. The lowest BCUT2D eigenvalue weighted by atomic mass is 10.0. The largest absolute Gasteiger partial charge is 0.494 e. The van der Waals surface area contributed by atoms with Gasteiger partial charge in [0.15, 0.2) is 5.44 Å². The third-order valence-electron chi connectivity index (χ3n) is 5.20. The Hall–Kier alpha value is -1.48. The van der Waals surface area contributed by atoms with Crippen LogP contribution in [0, 0.1) is 0 Å². The van der Waals surface area contributed by atoms with Crippen LogP contribution in [0.4, 0.5) is 0 Å². The van der Waals surface area contributed by atoms with Gasteiger partial charge in [-0.25, -0.2) is 0 Å². The normalized spacial score (nSPS) is 25.9. The Labute approximate surface area is 191 Å². The zero-order valence-electron chi connectivity index (χ0n) is 17.4. The van der Waals surface area contributed by atoms with Gasteiger partial charge in [-0.3, -0.25) is 0 Å². The van der Waals surface area contributed by atoms with E-state index in [1.54, 1.807) is 18.2 Å². The molecule has 8 heteroatoms. The highest BCUT2D eigenvalue weighted by molar-refractivity contribution is 8.00. The predicted molar refractivity (Wildman–Crippen MR) is 122 cm³/mol. The summed E-state index contributed by atoms with van der Waals surface area (Å²) in [5.41, 5.74) is 1.02. The lowest BCUT2D eigenvalue weighted by Gasteiger charge is -2.39. The molecule has 0 radical (unpaired) electrons. The number of ether oxygens (including phenoxy) is 2. The summed E-state index contributed by atoms with van der Waals surface area (Å²) in [5.74, 6) is 1.34. The topological polar surface area (TPSA) is 99.4 Å². The van der Waals surface area contributed by atoms with Crippen molar-refractivity contribution in [3.05, 3.63) is 58.6 Å². The van der Waals surface area contributed by atoms with E-state index in [9.17, 15) is 20.4 Å². The van der Waals surface area contributed by atoms with Crippen LogP contribution >= 0.6 is 23.4 Å². The molecular weight excluding hydrogens is 440 g/mol. The number of aliphatic hydroxyl groups is 4. The molecule has 0 saturated carbocycles. The third-order valence-corrected chi connectivity index (χ3v) is 6.85. The molecule has 1 aliphatic heterocycles. The molecule has 5 atom stereocenters. The van der Waals surface area contributed by atoms with Crippen molar-refractivity contribution in [3.63, 3.8) is 0 Å². The van der Waals surface area contributed by atoms with Gasteiger partial charge in [0.05, 0.1) is 24.6 Å². The van der Waals surface area contributed by atoms with Gasteiger partial charge in [-0.1, -0.05) is 37.1 Å². The lowest BCUT2D eigenvalue weighted by molar-refractivity contribution is -0.0910. The average molecular weight is 469 g/mol. The maximum Gasteiger partial charge on any atom is 0.173 e. The van der Waals surface area contributed by atoms with Crippen molar-refractivity contribution >= 4 is 23.4 Å². The molecule has 0 spiro atoms. The number of rotatable bonds is 9. The van der Waals surface area contributed by atoms with Crippen molar-refractivity contribution in [1.29, 1.82) is 0 Å². The monoisotopic (exact) mass is 468 g/mol. The first-order chi connectivity index (χ1) is 14.9. The second-order valence-electron chi connectivity index (χ2n) is 7.59. The molecule has 0 aliphatic carbocycles. The van der Waals surface area contributed by atoms with Gasteiger partial charge in [-0.05, 0) is 42.3 Å². The highest BCUT2D eigenvalue weighted by atomic mass is 35.5. The van der Waals surface area contributed by atoms with E-state index in [-0.39, 0.29) is 6.61 Å². The Morgan fingerprint density at radius 1 is 1.00 bits per heavy atom. The average Bonchev–Trinajstić information content (AvgIpc) is 2.77. The van der Waals surface area contributed by atoms with Crippen LogP contribution in [0.5, 0.6) is 11.5 Å². The standard InChI is InChI=1S/C23H29ClO6S/c1-2-3-10-29-17-7-4-14(5-8-17)11-15-12-16(24)6-9-18(15)30-23-22(28)21(27)20(26)19(13-25)31-23/h4-9,12,19-23,25-28H,2-3,10-11,13H2,1H3/t19-,20+,21-,22+,23-/m0/s1. The molecule has 1 fully saturated rings. The first kappa shape index (κ1) is 24.2. The molecule has 0 amide bonds. The zero-order chi connectivity index (χ0) is 22.4. The summed E-state index contributed by atoms with van der Waals surface area (Å²) in [6.07, 6.45) is -1.29. The van der Waals surface area contributed by atoms with Gasteiger partial charge in [0.2, 0.25) is 0 Å². The summed E-state index contributed by atoms with van der Waals surface area (Å²) in [7, 11) is 0. The van der Waals surface area contributed by atoms with Crippen LogP contribution in [-0.2, 0) is 6.42 Å². The van der Waals surface area contributed by atoms with E-state index in [4.69, 9.17) is 21.1 Å². The number of hydrogen-bond donors (Lipinski definition) is 4. The summed E-state index contributed by atoms with van der Waals surface area (Å²) in [6.45, 7) is 2.48. The molecule has 31 heavy (non-hydrogen) atoms. The number of benzene rings is 2. The Bertz CT molecular complexity index is 831. The van der Waals surface area contributed by atoms with Crippen LogP contribution in [0.3, 0.4) is 0 Å². The molecule has 170 valence electrons. The maximum absolute atomic E-state index is 10.4. The maximum atomic E-state index is 10.4. The second kappa shape index (κ2) is 11.4. The van der Waals surface area contributed by atoms with Crippen molar-refractivity contribution in [3.8, 4) is 11.5 Å². The fourth-order valence-electron chi connectivity index (χ4n) is 3.35. The Morgan fingerprint density at radius 3 is 2.42 bits per heavy atom. The summed E-state index contributed by atoms with van der Waals surface area (Å²) >= 11 is 7.30. The van der Waals surface area contributed by atoms with E-state index in [2.05, 4.69) is 6.92 Å². The van der Waals surface area contributed by atoms with E-state index < -0.39 is 29.0 Å². The predicted octanol–water partition coefficient (Wildman–Crippen LogP) is 3.01. The van der Waals surface area contributed by atoms with Gasteiger partial charge in [-0.2, -0.15) is 0 Å². The number of thioether (sulfide) groups is 1. The molecule has 6 nitrogen and oxygen atoms in total. The summed E-state index contributed by atoms with van der Waals surface area (Å²) in [4.78, 5) is 0. The smallest absolute Gasteiger partial charge is 0.173 e. The molecular formula is C23H29ClO6S. The fraction of sp³-hybridized carbons (Fsp3) is 0.478. The Balaban J connectivity index is 1.73. The minimum atomic E-state index is -1.40. The van der Waals surface area contributed by atoms with Crippen molar-refractivity contribution in [2.24, 2.45) is 0 Å². The molecule has 0 aromatic heterocycles. The van der Waals surface area contributed by atoms with Crippen LogP contribution in [0.25, 0.3) is 0 Å². The molecule has 4 N–H and O–H groups in total. The van der Waals surface area contributed by atoms with E-state index in [0.29, 0.717) is 23.8 Å². The third kappa shape index (κ3) is 6.28. The van der Waals surface area contributed by atoms with Gasteiger partial charge in [-0.15, -0.1) is 11.8 Å². The van der Waals surface area contributed by atoms with Gasteiger partial charge in [0.25, 0.3) is 0 Å². The summed E-state index contributed by atoms with van der Waals surface area (Å²) in [6, 6.07) is 13.0. The van der Waals surface area contributed by atoms with Crippen LogP contribution in [0.1, 0.15) is 30.9 Å². The molecule has 2 aromatic carbocycles. The van der Waals surface area contributed by atoms with Crippen molar-refractivity contribution in [2.75, 3.05) is 13.2 Å². The van der Waals surface area contributed by atoms with Crippen molar-refractivity contribution in [1.82, 2.24) is 0 Å². The molecule has 0 bridgehead atoms. The van der Waals surface area contributed by atoms with Gasteiger partial charge in [0, 0.05) is 17.0 Å². The fourth-order valence-corrected chi connectivity index (χ4v) is 4.78. The molecule has 1 heterocycles. The highest BCUT2D eigenvalue weighted by Gasteiger charge is 2.44. The Kier molecular flexibility index (Phi) is 8.89. The highest BCUT2D eigenvalue weighted by Crippen LogP contribution is 2.36. The van der Waals surface area contributed by atoms with Crippen molar-refractivity contribution in [2.45, 2.75) is 55.2 Å². The van der Waals surface area contributed by atoms with Gasteiger partial charge in [0.1, 0.15) is 23.7 Å². The molecule has 2 aromatic rings. The van der Waals surface area contributed by atoms with Gasteiger partial charge >= 0.3 is 0 Å². The molecule has 0 unspecified atom stereocenters. The second-order valence-corrected chi connectivity index (χ2v) is 9.37. The van der Waals surface area contributed by atoms with Crippen LogP contribution in [0.15, 0.2) is 42.5 Å². The van der Waals surface area contributed by atoms with Crippen LogP contribution < -0.4 is 9.47 Å². The molecule has 1 aliphatic rings. The van der Waals surface area contributed by atoms with E-state index in [1.165, 1.54) is 0 Å². The van der Waals surface area contributed by atoms with Crippen molar-refractivity contribution < 1.29 is 29.9 Å². The van der Waals surface area contributed by atoms with Crippen LogP contribution in [-0.4, -0.2) is 62.6 Å². The molecule has 1 saturated heterocycles. The quantitative estimate of drug-likeness (QED) is 0.420. The number of unbranched alkanes of at least 4 members (excludes halogenated alkanes) is 1. The number of hydrogen-bond acceptors (Lipinski definition) is 7. The molecule has 3 rings (SSSR count). The summed E-state index contributed by atoms with van der Waals surface area (Å²) < 4.78 is 11.7. The van der Waals surface area contributed by atoms with E-state index in [1.807, 2.05) is 24.3 Å². The SMILES string of the molecule is CCCCOc1ccc(Cc2cc(Cl)ccc2O[C@H]2S[C@@H](CO)[C@@H](O)[C@H](O)[C@H]2O)cc1. The minimum absolute atomic E-state index is 0.338. The number of aliphatic hydroxyl groups excluding tert-OH is 4. The first-order valence-electron chi connectivity index (χ1n) is 10.4. The van der Waals surface area contributed by atoms with Crippen LogP contribution in [0.2, 0.25) is 5.02 Å². The van der Waals surface area contributed by atoms with E-state index >= 15 is 0 Å². The summed E-state index contributed by atoms with van der Waals surface area (Å²) in [5, 5.41) is 39.8. The first-order valence-corrected chi connectivity index (χ1v) is 11.7. The lowest BCUT2D eigenvalue weighted by Crippen LogP contribution is -2.55. The van der Waals surface area contributed by atoms with E-state index in [0.717, 1.165) is 41.5 Å². The zero-order valence-corrected chi connectivity index (χ0v) is 18.9.